The Morgan fingerprint density at radius 1 is 1.45 bits per heavy atom. The van der Waals surface area contributed by atoms with Crippen LogP contribution in [-0.4, -0.2) is 60.3 Å². The van der Waals surface area contributed by atoms with Crippen LogP contribution in [-0.2, 0) is 4.74 Å². The molecule has 1 aliphatic heterocycles. The number of nitrogens with zero attached hydrogens (tertiary/aromatic N) is 4. The standard InChI is InChI=1S/C12H16ClN5O4/c1-12(3-20)5(2-19)22-10(7(12)21)18-4-15-6-8(14)16-11(13)17-9(6)18/h4-5,7,10,19-21H,2-3H2,1H3,(H2,14,16,17)/t5-,7?,10+,12-/m1/s1. The summed E-state index contributed by atoms with van der Waals surface area (Å²) in [6, 6.07) is 0. The van der Waals surface area contributed by atoms with Gasteiger partial charge in [-0.1, -0.05) is 6.92 Å². The highest BCUT2D eigenvalue weighted by molar-refractivity contribution is 6.28. The smallest absolute Gasteiger partial charge is 0.226 e. The van der Waals surface area contributed by atoms with E-state index in [0.717, 1.165) is 0 Å². The average Bonchev–Trinajstić information content (AvgIpc) is 3.00. The summed E-state index contributed by atoms with van der Waals surface area (Å²) in [5.74, 6) is 0.116. The number of fused-ring (bicyclic) bond motifs is 1. The molecule has 5 N–H and O–H groups in total. The molecular weight excluding hydrogens is 314 g/mol. The molecule has 10 heteroatoms. The molecule has 0 aromatic carbocycles. The van der Waals surface area contributed by atoms with Crippen molar-refractivity contribution in [3.05, 3.63) is 11.6 Å². The molecule has 0 bridgehead atoms. The van der Waals surface area contributed by atoms with Crippen LogP contribution in [0.3, 0.4) is 0 Å². The summed E-state index contributed by atoms with van der Waals surface area (Å²) in [6.07, 6.45) is -1.30. The predicted molar refractivity (Wildman–Crippen MR) is 76.9 cm³/mol. The molecule has 0 aliphatic carbocycles. The summed E-state index contributed by atoms with van der Waals surface area (Å²) >= 11 is 5.81. The van der Waals surface area contributed by atoms with Crippen LogP contribution >= 0.6 is 11.6 Å². The number of aliphatic hydroxyl groups is 3. The number of rotatable bonds is 3. The molecule has 1 unspecified atom stereocenters. The van der Waals surface area contributed by atoms with Crippen LogP contribution in [0.25, 0.3) is 11.2 Å². The number of anilines is 1. The van der Waals surface area contributed by atoms with E-state index in [1.165, 1.54) is 10.9 Å². The normalized spacial score (nSPS) is 32.0. The Morgan fingerprint density at radius 3 is 2.77 bits per heavy atom. The summed E-state index contributed by atoms with van der Waals surface area (Å²) in [5.41, 5.74) is 5.36. The van der Waals surface area contributed by atoms with Crippen molar-refractivity contribution in [3.63, 3.8) is 0 Å². The molecule has 2 aromatic heterocycles. The molecule has 1 aliphatic rings. The van der Waals surface area contributed by atoms with Gasteiger partial charge in [-0.3, -0.25) is 4.57 Å². The maximum Gasteiger partial charge on any atom is 0.226 e. The largest absolute Gasteiger partial charge is 0.396 e. The number of aromatic nitrogens is 4. The van der Waals surface area contributed by atoms with E-state index in [1.807, 2.05) is 0 Å². The minimum absolute atomic E-state index is 0.0529. The van der Waals surface area contributed by atoms with Gasteiger partial charge in [0, 0.05) is 5.41 Å². The van der Waals surface area contributed by atoms with Crippen LogP contribution < -0.4 is 5.73 Å². The lowest BCUT2D eigenvalue weighted by molar-refractivity contribution is -0.0539. The molecular formula is C12H16ClN5O4. The third-order valence-electron chi connectivity index (χ3n) is 4.19. The molecule has 3 rings (SSSR count). The van der Waals surface area contributed by atoms with Crippen molar-refractivity contribution in [2.45, 2.75) is 25.4 Å². The Kier molecular flexibility index (Phi) is 3.69. The molecule has 1 saturated heterocycles. The first-order chi connectivity index (χ1) is 10.4. The Labute approximate surface area is 130 Å². The first kappa shape index (κ1) is 15.4. The lowest BCUT2D eigenvalue weighted by Gasteiger charge is -2.29. The fraction of sp³-hybridized carbons (Fsp3) is 0.583. The molecule has 120 valence electrons. The van der Waals surface area contributed by atoms with Gasteiger partial charge in [0.15, 0.2) is 17.7 Å². The van der Waals surface area contributed by atoms with Crippen molar-refractivity contribution in [1.29, 1.82) is 0 Å². The van der Waals surface area contributed by atoms with E-state index in [2.05, 4.69) is 15.0 Å². The Bertz CT molecular complexity index is 710. The number of hydrogen-bond donors (Lipinski definition) is 4. The van der Waals surface area contributed by atoms with Crippen molar-refractivity contribution in [3.8, 4) is 0 Å². The van der Waals surface area contributed by atoms with Gasteiger partial charge in [-0.25, -0.2) is 4.98 Å². The third-order valence-corrected chi connectivity index (χ3v) is 4.36. The van der Waals surface area contributed by atoms with E-state index < -0.39 is 23.9 Å². The minimum Gasteiger partial charge on any atom is -0.396 e. The predicted octanol–water partition coefficient (Wildman–Crippen LogP) is -0.689. The van der Waals surface area contributed by atoms with Gasteiger partial charge >= 0.3 is 0 Å². The SMILES string of the molecule is C[C@]1(CO)C(O)[C@@H](n2cnc3c(N)nc(Cl)nc32)O[C@@H]1CO. The van der Waals surface area contributed by atoms with E-state index in [9.17, 15) is 15.3 Å². The summed E-state index contributed by atoms with van der Waals surface area (Å²) < 4.78 is 7.15. The molecule has 3 heterocycles. The van der Waals surface area contributed by atoms with Crippen LogP contribution in [0.5, 0.6) is 0 Å². The lowest BCUT2D eigenvalue weighted by atomic mass is 9.81. The highest BCUT2D eigenvalue weighted by atomic mass is 35.5. The van der Waals surface area contributed by atoms with Gasteiger partial charge in [-0.2, -0.15) is 9.97 Å². The van der Waals surface area contributed by atoms with Crippen molar-refractivity contribution >= 4 is 28.6 Å². The number of imidazole rings is 1. The van der Waals surface area contributed by atoms with Crippen molar-refractivity contribution in [2.24, 2.45) is 5.41 Å². The molecule has 2 aromatic rings. The van der Waals surface area contributed by atoms with Gasteiger partial charge < -0.3 is 25.8 Å². The topological polar surface area (TPSA) is 140 Å². The van der Waals surface area contributed by atoms with Crippen LogP contribution in [0.2, 0.25) is 5.28 Å². The number of nitrogen functional groups attached to an aromatic ring is 1. The van der Waals surface area contributed by atoms with Gasteiger partial charge in [0.25, 0.3) is 0 Å². The van der Waals surface area contributed by atoms with E-state index >= 15 is 0 Å². The van der Waals surface area contributed by atoms with Gasteiger partial charge in [-0.15, -0.1) is 0 Å². The van der Waals surface area contributed by atoms with Crippen molar-refractivity contribution in [2.75, 3.05) is 18.9 Å². The Morgan fingerprint density at radius 2 is 2.18 bits per heavy atom. The van der Waals surface area contributed by atoms with Gasteiger partial charge in [-0.05, 0) is 11.6 Å². The highest BCUT2D eigenvalue weighted by Gasteiger charge is 2.53. The molecule has 0 spiro atoms. The molecule has 0 radical (unpaired) electrons. The fourth-order valence-corrected chi connectivity index (χ4v) is 2.85. The number of hydrogen-bond acceptors (Lipinski definition) is 8. The zero-order valence-electron chi connectivity index (χ0n) is 11.7. The number of ether oxygens (including phenoxy) is 1. The quantitative estimate of drug-likeness (QED) is 0.543. The second-order valence-corrected chi connectivity index (χ2v) is 5.85. The molecule has 22 heavy (non-hydrogen) atoms. The van der Waals surface area contributed by atoms with Gasteiger partial charge in [0.05, 0.1) is 25.6 Å². The minimum atomic E-state index is -1.08. The third kappa shape index (κ3) is 2.05. The second kappa shape index (κ2) is 5.28. The zero-order chi connectivity index (χ0) is 16.1. The Balaban J connectivity index is 2.09. The first-order valence-electron chi connectivity index (χ1n) is 6.63. The van der Waals surface area contributed by atoms with Crippen molar-refractivity contribution < 1.29 is 20.1 Å². The highest BCUT2D eigenvalue weighted by Crippen LogP contribution is 2.43. The van der Waals surface area contributed by atoms with Gasteiger partial charge in [0.1, 0.15) is 11.6 Å². The van der Waals surface area contributed by atoms with E-state index in [4.69, 9.17) is 22.1 Å². The molecule has 0 amide bonds. The molecule has 0 saturated carbocycles. The molecule has 1 fully saturated rings. The number of aliphatic hydroxyl groups excluding tert-OH is 3. The summed E-state index contributed by atoms with van der Waals surface area (Å²) in [6.45, 7) is 0.948. The second-order valence-electron chi connectivity index (χ2n) is 5.51. The van der Waals surface area contributed by atoms with E-state index in [1.54, 1.807) is 6.92 Å². The maximum absolute atomic E-state index is 10.5. The van der Waals surface area contributed by atoms with Crippen LogP contribution in [0.4, 0.5) is 5.82 Å². The monoisotopic (exact) mass is 329 g/mol. The van der Waals surface area contributed by atoms with Crippen LogP contribution in [0, 0.1) is 5.41 Å². The van der Waals surface area contributed by atoms with E-state index in [0.29, 0.717) is 11.2 Å². The summed E-state index contributed by atoms with van der Waals surface area (Å²) in [4.78, 5) is 12.0. The molecule has 9 nitrogen and oxygen atoms in total. The average molecular weight is 330 g/mol. The number of halogens is 1. The first-order valence-corrected chi connectivity index (χ1v) is 7.01. The number of nitrogens with two attached hydrogens (primary N) is 1. The Hall–Kier alpha value is -1.52. The van der Waals surface area contributed by atoms with Crippen molar-refractivity contribution in [1.82, 2.24) is 19.5 Å². The summed E-state index contributed by atoms with van der Waals surface area (Å²) in [5, 5.41) is 29.5. The van der Waals surface area contributed by atoms with Crippen LogP contribution in [0.1, 0.15) is 13.2 Å². The molecule has 4 atom stereocenters. The van der Waals surface area contributed by atoms with Crippen LogP contribution in [0.15, 0.2) is 6.33 Å². The summed E-state index contributed by atoms with van der Waals surface area (Å²) in [7, 11) is 0. The zero-order valence-corrected chi connectivity index (χ0v) is 12.5. The lowest BCUT2D eigenvalue weighted by Crippen LogP contribution is -2.42. The van der Waals surface area contributed by atoms with Gasteiger partial charge in [0.2, 0.25) is 5.28 Å². The maximum atomic E-state index is 10.5. The fourth-order valence-electron chi connectivity index (χ4n) is 2.68. The van der Waals surface area contributed by atoms with E-state index in [-0.39, 0.29) is 24.3 Å².